The molecule has 9 rings (SSSR count). The van der Waals surface area contributed by atoms with Crippen LogP contribution in [0.2, 0.25) is 0 Å². The normalized spacial score (nSPS) is 53.4. The summed E-state index contributed by atoms with van der Waals surface area (Å²) < 4.78 is 86.7. The van der Waals surface area contributed by atoms with Crippen LogP contribution in [0.3, 0.4) is 0 Å². The first-order valence-corrected chi connectivity index (χ1v) is 29.2. The quantitative estimate of drug-likeness (QED) is 0.0498. The largest absolute Gasteiger partial charge is 0.432 e. The van der Waals surface area contributed by atoms with Gasteiger partial charge in [0, 0.05) is 0 Å². The van der Waals surface area contributed by atoms with Gasteiger partial charge in [-0.3, -0.25) is 9.35 Å². The van der Waals surface area contributed by atoms with Gasteiger partial charge in [-0.15, -0.1) is 0 Å². The van der Waals surface area contributed by atoms with Crippen LogP contribution in [0.25, 0.3) is 0 Å². The van der Waals surface area contributed by atoms with Crippen molar-refractivity contribution in [3.05, 3.63) is 11.6 Å². The predicted molar refractivity (Wildman–Crippen MR) is 266 cm³/mol. The monoisotopic (exact) mass is 1140 g/mol. The Hall–Kier alpha value is -1.64. The summed E-state index contributed by atoms with van der Waals surface area (Å²) in [5, 5.41) is 118. The van der Waals surface area contributed by atoms with Gasteiger partial charge in [-0.25, -0.2) is 4.18 Å². The third kappa shape index (κ3) is 10.1. The summed E-state index contributed by atoms with van der Waals surface area (Å²) in [5.41, 5.74) is -1.27. The molecule has 25 heteroatoms. The van der Waals surface area contributed by atoms with E-state index in [9.17, 15) is 69.1 Å². The maximum absolute atomic E-state index is 15.0. The van der Waals surface area contributed by atoms with Crippen molar-refractivity contribution >= 4 is 16.4 Å². The van der Waals surface area contributed by atoms with Crippen LogP contribution in [0.5, 0.6) is 0 Å². The summed E-state index contributed by atoms with van der Waals surface area (Å²) in [4.78, 5) is 15.0. The van der Waals surface area contributed by atoms with Gasteiger partial charge >= 0.3 is 16.4 Å². The molecule has 29 atom stereocenters. The SMILES string of the molecule is CC1=CC[C@]2(C(=O)O[C@@H]3O[C@H](CO)[C@@H](O)[C@H](O)[C@H]3OS(=O)(=O)O)CC[C@]3(C)[C@H](CC[C@@H]4[C@@]5(C)CC[C@H](O[C@@H]6O[C@H](CO)[C@@H](O)[C@H](O)[C@H]6O[C@@H]6OC[C@H](O)[C@H](O)[C@H]6O[C@@H]6O[C@@H](C)[C@H](O)[C@@H](O)[C@H]6O)C(C)(C)[C@@H]5CC[C@]43C)[C@@H]2[C@H]1C. The molecule has 4 heterocycles. The van der Waals surface area contributed by atoms with E-state index in [4.69, 9.17) is 42.1 Å². The fourth-order valence-electron chi connectivity index (χ4n) is 17.0. The van der Waals surface area contributed by atoms with E-state index in [1.807, 2.05) is 6.08 Å². The smallest absolute Gasteiger partial charge is 0.397 e. The zero-order valence-electron chi connectivity index (χ0n) is 45.7. The Balaban J connectivity index is 0.945. The van der Waals surface area contributed by atoms with Crippen LogP contribution < -0.4 is 0 Å². The lowest BCUT2D eigenvalue weighted by molar-refractivity contribution is -0.389. The van der Waals surface area contributed by atoms with Crippen LogP contribution >= 0.6 is 0 Å². The number of aliphatic hydroxyl groups is 11. The lowest BCUT2D eigenvalue weighted by Crippen LogP contribution is -2.69. The van der Waals surface area contributed by atoms with Crippen molar-refractivity contribution < 1.29 is 116 Å². The van der Waals surface area contributed by atoms with Gasteiger partial charge in [-0.1, -0.05) is 53.2 Å². The number of hydrogen-bond acceptors (Lipinski definition) is 23. The molecule has 0 unspecified atom stereocenters. The number of ether oxygens (including phenoxy) is 8. The molecule has 4 saturated heterocycles. The van der Waals surface area contributed by atoms with Crippen molar-refractivity contribution in [1.82, 2.24) is 0 Å². The first-order valence-electron chi connectivity index (χ1n) is 27.8. The highest BCUT2D eigenvalue weighted by Gasteiger charge is 2.72. The first kappa shape index (κ1) is 60.9. The molecule has 4 aliphatic heterocycles. The van der Waals surface area contributed by atoms with Gasteiger partial charge in [0.15, 0.2) is 25.0 Å². The molecule has 0 bridgehead atoms. The zero-order chi connectivity index (χ0) is 57.1. The average molecular weight is 1140 g/mol. The number of rotatable bonds is 12. The minimum atomic E-state index is -5.24. The van der Waals surface area contributed by atoms with Crippen molar-refractivity contribution in [2.45, 2.75) is 236 Å². The lowest BCUT2D eigenvalue weighted by Gasteiger charge is -2.73. The number of esters is 1. The molecule has 78 heavy (non-hydrogen) atoms. The van der Waals surface area contributed by atoms with Crippen LogP contribution in [-0.4, -0.2) is 218 Å². The number of hydrogen-bond donors (Lipinski definition) is 12. The molecule has 0 aromatic heterocycles. The molecular weight excluding hydrogens is 1050 g/mol. The van der Waals surface area contributed by atoms with E-state index in [1.165, 1.54) is 6.92 Å². The van der Waals surface area contributed by atoms with E-state index in [0.717, 1.165) is 37.7 Å². The van der Waals surface area contributed by atoms with E-state index in [2.05, 4.69) is 48.5 Å². The summed E-state index contributed by atoms with van der Waals surface area (Å²) in [5.74, 6) is -0.669. The number of fused-ring (bicyclic) bond motifs is 7. The number of allylic oxidation sites excluding steroid dienone is 2. The minimum absolute atomic E-state index is 0.0220. The first-order chi connectivity index (χ1) is 36.4. The molecule has 0 radical (unpaired) electrons. The molecular formula is C53H86O24S. The Labute approximate surface area is 455 Å². The second-order valence-corrected chi connectivity index (χ2v) is 26.8. The number of carbonyl (C=O) groups excluding carboxylic acids is 1. The van der Waals surface area contributed by atoms with Crippen LogP contribution in [0, 0.1) is 56.7 Å². The molecule has 4 saturated carbocycles. The molecule has 9 aliphatic rings. The maximum Gasteiger partial charge on any atom is 0.397 e. The van der Waals surface area contributed by atoms with Gasteiger partial charge in [-0.2, -0.15) is 8.42 Å². The van der Waals surface area contributed by atoms with Gasteiger partial charge in [-0.05, 0) is 123 Å². The zero-order valence-corrected chi connectivity index (χ0v) is 46.5. The molecule has 5 aliphatic carbocycles. The Morgan fingerprint density at radius 3 is 1.90 bits per heavy atom. The van der Waals surface area contributed by atoms with Crippen molar-refractivity contribution in [2.24, 2.45) is 56.7 Å². The van der Waals surface area contributed by atoms with E-state index >= 15 is 4.79 Å². The average Bonchev–Trinajstić information content (AvgIpc) is 3.47. The van der Waals surface area contributed by atoms with E-state index in [-0.39, 0.29) is 45.8 Å². The minimum Gasteiger partial charge on any atom is -0.432 e. The Kier molecular flexibility index (Phi) is 17.3. The summed E-state index contributed by atoms with van der Waals surface area (Å²) in [6.45, 7) is 15.1. The lowest BCUT2D eigenvalue weighted by atomic mass is 9.31. The van der Waals surface area contributed by atoms with E-state index < -0.39 is 170 Å². The second kappa shape index (κ2) is 22.1. The molecule has 0 spiro atoms. The molecule has 8 fully saturated rings. The molecule has 448 valence electrons. The predicted octanol–water partition coefficient (Wildman–Crippen LogP) is -0.686. The van der Waals surface area contributed by atoms with Crippen LogP contribution in [0.15, 0.2) is 11.6 Å². The summed E-state index contributed by atoms with van der Waals surface area (Å²) >= 11 is 0. The maximum atomic E-state index is 15.0. The molecule has 0 amide bonds. The van der Waals surface area contributed by atoms with Gasteiger partial charge in [0.2, 0.25) is 6.29 Å². The summed E-state index contributed by atoms with van der Waals surface area (Å²) in [7, 11) is -5.24. The molecule has 0 aromatic carbocycles. The topological polar surface area (TPSA) is 377 Å². The van der Waals surface area contributed by atoms with Gasteiger partial charge in [0.1, 0.15) is 79.4 Å². The van der Waals surface area contributed by atoms with Gasteiger partial charge < -0.3 is 94.1 Å². The van der Waals surface area contributed by atoms with Crippen LogP contribution in [0.4, 0.5) is 0 Å². The van der Waals surface area contributed by atoms with Crippen molar-refractivity contribution in [1.29, 1.82) is 0 Å². The van der Waals surface area contributed by atoms with Crippen molar-refractivity contribution in [3.8, 4) is 0 Å². The fourth-order valence-corrected chi connectivity index (χ4v) is 17.5. The highest BCUT2D eigenvalue weighted by Crippen LogP contribution is 2.77. The number of aliphatic hydroxyl groups excluding tert-OH is 11. The van der Waals surface area contributed by atoms with E-state index in [1.54, 1.807) is 0 Å². The Morgan fingerprint density at radius 1 is 0.641 bits per heavy atom. The van der Waals surface area contributed by atoms with Crippen LogP contribution in [-0.2, 0) is 57.3 Å². The van der Waals surface area contributed by atoms with Gasteiger partial charge in [0.05, 0.1) is 37.4 Å². The molecule has 12 N–H and O–H groups in total. The number of carbonyl (C=O) groups is 1. The Bertz CT molecular complexity index is 2290. The second-order valence-electron chi connectivity index (χ2n) is 25.7. The van der Waals surface area contributed by atoms with E-state index in [0.29, 0.717) is 25.7 Å². The summed E-state index contributed by atoms with van der Waals surface area (Å²) in [6.07, 6.45) is -23.5. The summed E-state index contributed by atoms with van der Waals surface area (Å²) in [6, 6.07) is 0. The third-order valence-corrected chi connectivity index (χ3v) is 22.2. The van der Waals surface area contributed by atoms with Gasteiger partial charge in [0.25, 0.3) is 0 Å². The molecule has 0 aromatic rings. The third-order valence-electron chi connectivity index (χ3n) is 21.7. The van der Waals surface area contributed by atoms with Crippen molar-refractivity contribution in [2.75, 3.05) is 19.8 Å². The molecule has 24 nitrogen and oxygen atoms in total. The highest BCUT2D eigenvalue weighted by atomic mass is 32.3. The van der Waals surface area contributed by atoms with Crippen LogP contribution in [0.1, 0.15) is 113 Å². The Morgan fingerprint density at radius 2 is 1.26 bits per heavy atom. The highest BCUT2D eigenvalue weighted by molar-refractivity contribution is 7.80. The fraction of sp³-hybridized carbons (Fsp3) is 0.943. The van der Waals surface area contributed by atoms with Crippen molar-refractivity contribution in [3.63, 3.8) is 0 Å². The standard InChI is InChI=1S/C53H86O24S/c1-22-11-16-53(48(65)76-47-43(77-78(66,67)68)39(63)36(60)28(20-55)72-47)18-17-51(7)25(32(53)23(22)2)9-10-30-50(6)14-13-31(49(4,5)29(50)12-15-52(30,51)8)73-46-42(38(62)35(59)27(19-54)71-46)75-45-41(34(58)26(56)21-69-45)74-44-40(64)37(61)33(57)24(3)70-44/h11,23-47,54-64H,9-10,12-21H2,1-8H3,(H,66,67,68)/t23-,24-,25+,26-,27+,28+,29-,30+,31-,32-,33-,34-,35+,36+,37+,38-,39-,40+,41+,42+,43+,44-,45-,46-,47-,50-,51+,52+,53-/m0/s1.